The molecule has 8 nitrogen and oxygen atoms in total. The van der Waals surface area contributed by atoms with Crippen LogP contribution in [0.1, 0.15) is 9.67 Å². The summed E-state index contributed by atoms with van der Waals surface area (Å²) in [5, 5.41) is 2.85. The third-order valence-corrected chi connectivity index (χ3v) is 4.09. The second kappa shape index (κ2) is 8.77. The monoisotopic (exact) mass is 385 g/mol. The van der Waals surface area contributed by atoms with Gasteiger partial charge in [-0.25, -0.2) is 14.8 Å². The molecule has 1 N–H and O–H groups in total. The number of aromatic nitrogens is 2. The van der Waals surface area contributed by atoms with Gasteiger partial charge in [-0.15, -0.1) is 0 Å². The molecule has 0 saturated carbocycles. The largest absolute Gasteiger partial charge is 0.484 e. The molecule has 0 unspecified atom stereocenters. The van der Waals surface area contributed by atoms with E-state index in [2.05, 4.69) is 20.0 Å². The SMILES string of the molecule is COC(=O)c1cnc(NC(=O)COc2ccc(Oc3ccccn3)cc2)s1. The zero-order valence-corrected chi connectivity index (χ0v) is 15.1. The molecule has 0 fully saturated rings. The number of hydrogen-bond acceptors (Lipinski definition) is 8. The molecule has 0 saturated heterocycles. The van der Waals surface area contributed by atoms with Crippen molar-refractivity contribution in [3.8, 4) is 17.4 Å². The molecule has 2 heterocycles. The average Bonchev–Trinajstić information content (AvgIpc) is 3.16. The summed E-state index contributed by atoms with van der Waals surface area (Å²) in [5.41, 5.74) is 0. The zero-order chi connectivity index (χ0) is 19.1. The van der Waals surface area contributed by atoms with Crippen molar-refractivity contribution < 1.29 is 23.8 Å². The summed E-state index contributed by atoms with van der Waals surface area (Å²) in [6.45, 7) is -0.201. The van der Waals surface area contributed by atoms with E-state index in [9.17, 15) is 9.59 Å². The van der Waals surface area contributed by atoms with Gasteiger partial charge >= 0.3 is 5.97 Å². The topological polar surface area (TPSA) is 99.6 Å². The smallest absolute Gasteiger partial charge is 0.349 e. The fraction of sp³-hybridized carbons (Fsp3) is 0.111. The summed E-state index contributed by atoms with van der Waals surface area (Å²) >= 11 is 1.02. The van der Waals surface area contributed by atoms with E-state index < -0.39 is 11.9 Å². The van der Waals surface area contributed by atoms with E-state index >= 15 is 0 Å². The van der Waals surface area contributed by atoms with Crippen LogP contribution < -0.4 is 14.8 Å². The number of ether oxygens (including phenoxy) is 3. The van der Waals surface area contributed by atoms with Gasteiger partial charge in [-0.3, -0.25) is 10.1 Å². The second-order valence-corrected chi connectivity index (χ2v) is 6.13. The first-order valence-corrected chi connectivity index (χ1v) is 8.61. The Morgan fingerprint density at radius 3 is 2.56 bits per heavy atom. The summed E-state index contributed by atoms with van der Waals surface area (Å²) in [7, 11) is 1.28. The van der Waals surface area contributed by atoms with Gasteiger partial charge in [0.2, 0.25) is 5.88 Å². The number of benzene rings is 1. The van der Waals surface area contributed by atoms with Crippen LogP contribution in [-0.4, -0.2) is 35.6 Å². The van der Waals surface area contributed by atoms with E-state index in [1.165, 1.54) is 13.3 Å². The van der Waals surface area contributed by atoms with Gasteiger partial charge in [0.15, 0.2) is 11.7 Å². The number of hydrogen-bond donors (Lipinski definition) is 1. The molecule has 3 aromatic rings. The van der Waals surface area contributed by atoms with Crippen molar-refractivity contribution in [1.82, 2.24) is 9.97 Å². The van der Waals surface area contributed by atoms with Crippen LogP contribution in [0.25, 0.3) is 0 Å². The number of carbonyl (C=O) groups excluding carboxylic acids is 2. The van der Waals surface area contributed by atoms with Crippen LogP contribution in [0, 0.1) is 0 Å². The number of carbonyl (C=O) groups is 2. The van der Waals surface area contributed by atoms with E-state index in [4.69, 9.17) is 9.47 Å². The van der Waals surface area contributed by atoms with Crippen LogP contribution in [-0.2, 0) is 9.53 Å². The minimum Gasteiger partial charge on any atom is -0.484 e. The Kier molecular flexibility index (Phi) is 5.95. The van der Waals surface area contributed by atoms with Gasteiger partial charge < -0.3 is 14.2 Å². The minimum atomic E-state index is -0.503. The molecule has 27 heavy (non-hydrogen) atoms. The van der Waals surface area contributed by atoms with Crippen LogP contribution >= 0.6 is 11.3 Å². The lowest BCUT2D eigenvalue weighted by atomic mass is 10.3. The Morgan fingerprint density at radius 1 is 1.07 bits per heavy atom. The maximum atomic E-state index is 11.9. The number of thiazole rings is 1. The van der Waals surface area contributed by atoms with Crippen molar-refractivity contribution in [3.63, 3.8) is 0 Å². The van der Waals surface area contributed by atoms with Gasteiger partial charge in [0.1, 0.15) is 16.4 Å². The van der Waals surface area contributed by atoms with Gasteiger partial charge in [0, 0.05) is 12.3 Å². The third-order valence-electron chi connectivity index (χ3n) is 3.19. The number of rotatable bonds is 7. The highest BCUT2D eigenvalue weighted by atomic mass is 32.1. The van der Waals surface area contributed by atoms with Gasteiger partial charge in [0.05, 0.1) is 13.3 Å². The molecular formula is C18H15N3O5S. The van der Waals surface area contributed by atoms with E-state index in [0.29, 0.717) is 27.4 Å². The summed E-state index contributed by atoms with van der Waals surface area (Å²) in [5.74, 6) is 0.698. The summed E-state index contributed by atoms with van der Waals surface area (Å²) in [6.07, 6.45) is 2.98. The number of nitrogens with zero attached hydrogens (tertiary/aromatic N) is 2. The molecule has 0 atom stereocenters. The number of esters is 1. The van der Waals surface area contributed by atoms with Crippen molar-refractivity contribution in [3.05, 3.63) is 59.7 Å². The molecule has 0 aliphatic heterocycles. The van der Waals surface area contributed by atoms with Crippen LogP contribution in [0.5, 0.6) is 17.4 Å². The zero-order valence-electron chi connectivity index (χ0n) is 14.2. The molecular weight excluding hydrogens is 370 g/mol. The Balaban J connectivity index is 1.48. The van der Waals surface area contributed by atoms with E-state index in [0.717, 1.165) is 11.3 Å². The maximum Gasteiger partial charge on any atom is 0.349 e. The normalized spacial score (nSPS) is 10.1. The molecule has 0 spiro atoms. The fourth-order valence-corrected chi connectivity index (χ4v) is 2.71. The Hall–Kier alpha value is -3.46. The van der Waals surface area contributed by atoms with Gasteiger partial charge in [-0.2, -0.15) is 0 Å². The highest BCUT2D eigenvalue weighted by Crippen LogP contribution is 2.22. The molecule has 0 radical (unpaired) electrons. The van der Waals surface area contributed by atoms with Crippen LogP contribution in [0.2, 0.25) is 0 Å². The van der Waals surface area contributed by atoms with Gasteiger partial charge in [0.25, 0.3) is 5.91 Å². The molecule has 138 valence electrons. The summed E-state index contributed by atoms with van der Waals surface area (Å²) in [4.78, 5) is 31.6. The van der Waals surface area contributed by atoms with Crippen LogP contribution in [0.15, 0.2) is 54.9 Å². The van der Waals surface area contributed by atoms with Gasteiger partial charge in [-0.05, 0) is 30.3 Å². The first-order valence-electron chi connectivity index (χ1n) is 7.80. The lowest BCUT2D eigenvalue weighted by molar-refractivity contribution is -0.118. The third kappa shape index (κ3) is 5.25. The highest BCUT2D eigenvalue weighted by Gasteiger charge is 2.12. The van der Waals surface area contributed by atoms with E-state index in [-0.39, 0.29) is 6.61 Å². The predicted octanol–water partition coefficient (Wildman–Crippen LogP) is 3.13. The molecule has 1 amide bonds. The van der Waals surface area contributed by atoms with Crippen LogP contribution in [0.3, 0.4) is 0 Å². The van der Waals surface area contributed by atoms with E-state index in [1.807, 2.05) is 6.07 Å². The number of anilines is 1. The van der Waals surface area contributed by atoms with Crippen molar-refractivity contribution in [2.45, 2.75) is 0 Å². The second-order valence-electron chi connectivity index (χ2n) is 5.10. The predicted molar refractivity (Wildman–Crippen MR) is 98.3 cm³/mol. The molecule has 9 heteroatoms. The minimum absolute atomic E-state index is 0.201. The molecule has 2 aromatic heterocycles. The molecule has 0 aliphatic rings. The number of amides is 1. The molecule has 0 aliphatic carbocycles. The first kappa shape index (κ1) is 18.3. The quantitative estimate of drug-likeness (QED) is 0.624. The maximum absolute atomic E-state index is 11.9. The Labute approximate surface area is 158 Å². The standard InChI is InChI=1S/C18H15N3O5S/c1-24-17(23)14-10-20-18(27-14)21-15(22)11-25-12-5-7-13(8-6-12)26-16-4-2-3-9-19-16/h2-10H,11H2,1H3,(H,20,21,22). The molecule has 0 bridgehead atoms. The number of methoxy groups -OCH3 is 1. The molecule has 1 aromatic carbocycles. The van der Waals surface area contributed by atoms with Gasteiger partial charge in [-0.1, -0.05) is 17.4 Å². The number of pyridine rings is 1. The molecule has 3 rings (SSSR count). The van der Waals surface area contributed by atoms with Crippen molar-refractivity contribution in [1.29, 1.82) is 0 Å². The lowest BCUT2D eigenvalue weighted by Crippen LogP contribution is -2.19. The highest BCUT2D eigenvalue weighted by molar-refractivity contribution is 7.17. The average molecular weight is 385 g/mol. The van der Waals surface area contributed by atoms with E-state index in [1.54, 1.807) is 42.6 Å². The van der Waals surface area contributed by atoms with Crippen LogP contribution in [0.4, 0.5) is 5.13 Å². The Bertz CT molecular complexity index is 912. The Morgan fingerprint density at radius 2 is 1.85 bits per heavy atom. The number of nitrogens with one attached hydrogen (secondary N) is 1. The fourth-order valence-electron chi connectivity index (χ4n) is 1.96. The summed E-state index contributed by atoms with van der Waals surface area (Å²) < 4.78 is 15.6. The van der Waals surface area contributed by atoms with Crippen molar-refractivity contribution >= 4 is 28.3 Å². The van der Waals surface area contributed by atoms with Crippen molar-refractivity contribution in [2.75, 3.05) is 19.0 Å². The first-order chi connectivity index (χ1) is 13.1. The summed E-state index contributed by atoms with van der Waals surface area (Å²) in [6, 6.07) is 12.2. The lowest BCUT2D eigenvalue weighted by Gasteiger charge is -2.07. The van der Waals surface area contributed by atoms with Crippen molar-refractivity contribution in [2.24, 2.45) is 0 Å².